The average Bonchev–Trinajstić information content (AvgIpc) is 2.67. The van der Waals surface area contributed by atoms with E-state index >= 15 is 0 Å². The van der Waals surface area contributed by atoms with E-state index in [1.165, 1.54) is 12.1 Å². The highest BCUT2D eigenvalue weighted by Gasteiger charge is 2.12. The second kappa shape index (κ2) is 7.75. The molecule has 4 aromatic rings. The van der Waals surface area contributed by atoms with Gasteiger partial charge in [-0.3, -0.25) is 25.2 Å². The first-order valence-electron chi connectivity index (χ1n) is 8.36. The number of nitro groups is 2. The number of rotatable bonds is 2. The number of pyridine rings is 2. The minimum absolute atomic E-state index is 0.0579. The normalized spacial score (nSPS) is 10.4. The summed E-state index contributed by atoms with van der Waals surface area (Å²) in [6, 6.07) is 13.5. The molecule has 8 nitrogen and oxygen atoms in total. The lowest BCUT2D eigenvalue weighted by molar-refractivity contribution is -0.383. The van der Waals surface area contributed by atoms with E-state index < -0.39 is 4.92 Å². The van der Waals surface area contributed by atoms with Crippen molar-refractivity contribution >= 4 is 33.2 Å². The van der Waals surface area contributed by atoms with E-state index in [4.69, 9.17) is 0 Å². The molecule has 0 amide bonds. The molecule has 140 valence electrons. The molecule has 0 bridgehead atoms. The van der Waals surface area contributed by atoms with E-state index in [-0.39, 0.29) is 16.3 Å². The fourth-order valence-electron chi connectivity index (χ4n) is 2.80. The third-order valence-electron chi connectivity index (χ3n) is 4.06. The lowest BCUT2D eigenvalue weighted by Crippen LogP contribution is -1.91. The average molecular weight is 376 g/mol. The Bertz CT molecular complexity index is 1210. The Hall–Kier alpha value is -3.94. The number of aryl methyl sites for hydroxylation is 2. The van der Waals surface area contributed by atoms with Crippen molar-refractivity contribution in [3.05, 3.63) is 92.3 Å². The smallest absolute Gasteiger partial charge is 0.258 e. The number of fused-ring (bicyclic) bond motifs is 2. The van der Waals surface area contributed by atoms with Crippen LogP contribution in [-0.2, 0) is 0 Å². The molecule has 28 heavy (non-hydrogen) atoms. The highest BCUT2D eigenvalue weighted by atomic mass is 16.6. The number of benzene rings is 2. The number of aromatic nitrogens is 2. The van der Waals surface area contributed by atoms with Crippen molar-refractivity contribution in [1.29, 1.82) is 0 Å². The van der Waals surface area contributed by atoms with Gasteiger partial charge in [0.15, 0.2) is 0 Å². The molecular weight excluding hydrogens is 360 g/mol. The van der Waals surface area contributed by atoms with E-state index in [0.29, 0.717) is 16.4 Å². The molecule has 0 saturated carbocycles. The molecule has 0 radical (unpaired) electrons. The van der Waals surface area contributed by atoms with Crippen LogP contribution in [0.15, 0.2) is 60.9 Å². The Morgan fingerprint density at radius 2 is 1.39 bits per heavy atom. The molecule has 0 aliphatic carbocycles. The molecule has 0 unspecified atom stereocenters. The van der Waals surface area contributed by atoms with E-state index in [1.54, 1.807) is 36.7 Å². The topological polar surface area (TPSA) is 112 Å². The van der Waals surface area contributed by atoms with Gasteiger partial charge in [0.2, 0.25) is 0 Å². The van der Waals surface area contributed by atoms with Gasteiger partial charge >= 0.3 is 0 Å². The minimum Gasteiger partial charge on any atom is -0.258 e. The van der Waals surface area contributed by atoms with Gasteiger partial charge in [0.05, 0.1) is 20.7 Å². The van der Waals surface area contributed by atoms with Gasteiger partial charge in [0.25, 0.3) is 11.4 Å². The molecule has 0 atom stereocenters. The first kappa shape index (κ1) is 18.8. The maximum absolute atomic E-state index is 10.7. The van der Waals surface area contributed by atoms with E-state index in [1.807, 2.05) is 26.0 Å². The van der Waals surface area contributed by atoms with Gasteiger partial charge in [-0.15, -0.1) is 0 Å². The van der Waals surface area contributed by atoms with Gasteiger partial charge in [-0.05, 0) is 43.2 Å². The summed E-state index contributed by atoms with van der Waals surface area (Å²) in [5.41, 5.74) is 3.19. The van der Waals surface area contributed by atoms with Gasteiger partial charge in [-0.2, -0.15) is 0 Å². The first-order chi connectivity index (χ1) is 13.4. The molecule has 0 spiro atoms. The van der Waals surface area contributed by atoms with Gasteiger partial charge in [0, 0.05) is 29.9 Å². The van der Waals surface area contributed by atoms with Crippen LogP contribution in [0.2, 0.25) is 0 Å². The van der Waals surface area contributed by atoms with Crippen LogP contribution in [0.3, 0.4) is 0 Å². The fourth-order valence-corrected chi connectivity index (χ4v) is 2.80. The lowest BCUT2D eigenvalue weighted by atomic mass is 10.1. The van der Waals surface area contributed by atoms with Crippen LogP contribution >= 0.6 is 0 Å². The summed E-state index contributed by atoms with van der Waals surface area (Å²) in [5.74, 6) is 0. The van der Waals surface area contributed by atoms with Crippen LogP contribution in [0.4, 0.5) is 11.4 Å². The van der Waals surface area contributed by atoms with Gasteiger partial charge in [-0.1, -0.05) is 18.2 Å². The Morgan fingerprint density at radius 3 is 2.11 bits per heavy atom. The number of hydrogen-bond acceptors (Lipinski definition) is 6. The summed E-state index contributed by atoms with van der Waals surface area (Å²) in [7, 11) is 0. The molecule has 2 aromatic heterocycles. The van der Waals surface area contributed by atoms with Crippen molar-refractivity contribution in [3.63, 3.8) is 0 Å². The van der Waals surface area contributed by atoms with Crippen LogP contribution in [0, 0.1) is 34.1 Å². The van der Waals surface area contributed by atoms with Crippen LogP contribution in [0.5, 0.6) is 0 Å². The SMILES string of the molecule is Cc1cnc2c([N+](=O)[O-])cccc2c1.Cc1cnc2cccc([N+](=O)[O-])c2c1. The van der Waals surface area contributed by atoms with Crippen molar-refractivity contribution in [3.8, 4) is 0 Å². The summed E-state index contributed by atoms with van der Waals surface area (Å²) in [6.07, 6.45) is 3.33. The van der Waals surface area contributed by atoms with Crippen molar-refractivity contribution < 1.29 is 9.85 Å². The summed E-state index contributed by atoms with van der Waals surface area (Å²) in [5, 5.41) is 22.8. The maximum atomic E-state index is 10.7. The monoisotopic (exact) mass is 376 g/mol. The maximum Gasteiger partial charge on any atom is 0.295 e. The number of nitrogens with zero attached hydrogens (tertiary/aromatic N) is 4. The largest absolute Gasteiger partial charge is 0.295 e. The van der Waals surface area contributed by atoms with E-state index in [9.17, 15) is 20.2 Å². The van der Waals surface area contributed by atoms with Crippen molar-refractivity contribution in [2.45, 2.75) is 13.8 Å². The molecule has 2 aromatic carbocycles. The van der Waals surface area contributed by atoms with Crippen molar-refractivity contribution in [2.75, 3.05) is 0 Å². The Balaban J connectivity index is 0.000000161. The molecule has 0 aliphatic heterocycles. The number of nitro benzene ring substituents is 2. The van der Waals surface area contributed by atoms with Gasteiger partial charge in [-0.25, -0.2) is 4.98 Å². The summed E-state index contributed by atoms with van der Waals surface area (Å²) < 4.78 is 0. The summed E-state index contributed by atoms with van der Waals surface area (Å²) in [4.78, 5) is 28.8. The Kier molecular flexibility index (Phi) is 5.21. The third kappa shape index (κ3) is 3.90. The molecule has 0 N–H and O–H groups in total. The van der Waals surface area contributed by atoms with Gasteiger partial charge in [0.1, 0.15) is 5.52 Å². The zero-order valence-corrected chi connectivity index (χ0v) is 15.2. The molecule has 0 aliphatic rings. The minimum atomic E-state index is -0.412. The summed E-state index contributed by atoms with van der Waals surface area (Å²) in [6.45, 7) is 3.77. The first-order valence-corrected chi connectivity index (χ1v) is 8.36. The molecular formula is C20H16N4O4. The van der Waals surface area contributed by atoms with Crippen LogP contribution < -0.4 is 0 Å². The third-order valence-corrected chi connectivity index (χ3v) is 4.06. The van der Waals surface area contributed by atoms with Gasteiger partial charge < -0.3 is 0 Å². The van der Waals surface area contributed by atoms with Crippen molar-refractivity contribution in [1.82, 2.24) is 9.97 Å². The standard InChI is InChI=1S/2C10H8N2O2/c1-7-5-8-9(11-6-7)3-2-4-10(8)12(13)14;1-7-5-8-3-2-4-9(12(13)14)10(8)11-6-7/h2*2-6H,1H3. The zero-order valence-electron chi connectivity index (χ0n) is 15.2. The molecule has 8 heteroatoms. The van der Waals surface area contributed by atoms with Crippen LogP contribution in [0.1, 0.15) is 11.1 Å². The molecule has 0 saturated heterocycles. The molecule has 0 fully saturated rings. The Labute approximate surface area is 159 Å². The number of non-ortho nitro benzene ring substituents is 2. The number of hydrogen-bond donors (Lipinski definition) is 0. The molecule has 4 rings (SSSR count). The lowest BCUT2D eigenvalue weighted by Gasteiger charge is -1.99. The summed E-state index contributed by atoms with van der Waals surface area (Å²) >= 11 is 0. The predicted octanol–water partition coefficient (Wildman–Crippen LogP) is 4.90. The zero-order chi connectivity index (χ0) is 20.3. The Morgan fingerprint density at radius 1 is 0.786 bits per heavy atom. The van der Waals surface area contributed by atoms with Crippen LogP contribution in [-0.4, -0.2) is 19.8 Å². The highest BCUT2D eigenvalue weighted by molar-refractivity contribution is 5.88. The van der Waals surface area contributed by atoms with Crippen LogP contribution in [0.25, 0.3) is 21.8 Å². The second-order valence-electron chi connectivity index (χ2n) is 6.23. The molecule has 2 heterocycles. The van der Waals surface area contributed by atoms with Crippen molar-refractivity contribution in [2.24, 2.45) is 0 Å². The number of para-hydroxylation sites is 1. The highest BCUT2D eigenvalue weighted by Crippen LogP contribution is 2.24. The fraction of sp³-hybridized carbons (Fsp3) is 0.100. The van der Waals surface area contributed by atoms with E-state index in [2.05, 4.69) is 9.97 Å². The quantitative estimate of drug-likeness (QED) is 0.363. The second-order valence-corrected chi connectivity index (χ2v) is 6.23. The predicted molar refractivity (Wildman–Crippen MR) is 106 cm³/mol. The van der Waals surface area contributed by atoms with E-state index in [0.717, 1.165) is 16.5 Å².